The molecule has 0 spiro atoms. The highest BCUT2D eigenvalue weighted by atomic mass is 16.5. The summed E-state index contributed by atoms with van der Waals surface area (Å²) >= 11 is 0. The molecule has 0 bridgehead atoms. The number of benzene rings is 1. The van der Waals surface area contributed by atoms with Crippen molar-refractivity contribution in [2.45, 2.75) is 37.2 Å². The Labute approximate surface area is 159 Å². The summed E-state index contributed by atoms with van der Waals surface area (Å²) in [4.78, 5) is 41.4. The Morgan fingerprint density at radius 1 is 1.26 bits per heavy atom. The van der Waals surface area contributed by atoms with E-state index in [4.69, 9.17) is 9.47 Å². The van der Waals surface area contributed by atoms with Crippen molar-refractivity contribution in [1.29, 1.82) is 0 Å². The Bertz CT molecular complexity index is 750. The SMILES string of the molecule is COc1ccccc1[C@@]1(CC(=O)N2CCC[C@@H](OC)C2)CC(=O)N(C)C1=O. The fourth-order valence-electron chi connectivity index (χ4n) is 4.10. The fourth-order valence-corrected chi connectivity index (χ4v) is 4.10. The molecule has 3 amide bonds. The quantitative estimate of drug-likeness (QED) is 0.727. The molecule has 0 saturated carbocycles. The molecule has 2 aliphatic heterocycles. The predicted octanol–water partition coefficient (Wildman–Crippen LogP) is 1.35. The van der Waals surface area contributed by atoms with Crippen molar-refractivity contribution in [2.75, 3.05) is 34.4 Å². The molecule has 2 heterocycles. The van der Waals surface area contributed by atoms with Gasteiger partial charge in [-0.05, 0) is 18.9 Å². The molecule has 2 saturated heterocycles. The third-order valence-electron chi connectivity index (χ3n) is 5.68. The smallest absolute Gasteiger partial charge is 0.240 e. The maximum absolute atomic E-state index is 13.1. The zero-order valence-electron chi connectivity index (χ0n) is 16.1. The first kappa shape index (κ1) is 19.4. The lowest BCUT2D eigenvalue weighted by Crippen LogP contribution is -2.47. The molecule has 0 aliphatic carbocycles. The average Bonchev–Trinajstić information content (AvgIpc) is 2.92. The molecular formula is C20H26N2O5. The molecule has 2 atom stereocenters. The van der Waals surface area contributed by atoms with Gasteiger partial charge in [-0.15, -0.1) is 0 Å². The van der Waals surface area contributed by atoms with E-state index in [1.807, 2.05) is 0 Å². The van der Waals surface area contributed by atoms with E-state index in [0.717, 1.165) is 17.7 Å². The van der Waals surface area contributed by atoms with Crippen molar-refractivity contribution in [1.82, 2.24) is 9.80 Å². The molecule has 27 heavy (non-hydrogen) atoms. The number of carbonyl (C=O) groups excluding carboxylic acids is 3. The number of imide groups is 1. The topological polar surface area (TPSA) is 76.2 Å². The molecule has 2 fully saturated rings. The lowest BCUT2D eigenvalue weighted by molar-refractivity contribution is -0.142. The van der Waals surface area contributed by atoms with E-state index in [1.54, 1.807) is 36.3 Å². The van der Waals surface area contributed by atoms with Gasteiger partial charge >= 0.3 is 0 Å². The van der Waals surface area contributed by atoms with Crippen LogP contribution in [0.4, 0.5) is 0 Å². The number of hydrogen-bond donors (Lipinski definition) is 0. The van der Waals surface area contributed by atoms with Crippen molar-refractivity contribution < 1.29 is 23.9 Å². The molecule has 7 nitrogen and oxygen atoms in total. The number of ether oxygens (including phenoxy) is 2. The summed E-state index contributed by atoms with van der Waals surface area (Å²) in [5, 5.41) is 0. The molecule has 1 aromatic carbocycles. The zero-order valence-corrected chi connectivity index (χ0v) is 16.1. The summed E-state index contributed by atoms with van der Waals surface area (Å²) < 4.78 is 10.8. The predicted molar refractivity (Wildman–Crippen MR) is 98.3 cm³/mol. The lowest BCUT2D eigenvalue weighted by Gasteiger charge is -2.35. The van der Waals surface area contributed by atoms with E-state index in [0.29, 0.717) is 24.4 Å². The average molecular weight is 374 g/mol. The van der Waals surface area contributed by atoms with E-state index in [-0.39, 0.29) is 36.7 Å². The second-order valence-corrected chi connectivity index (χ2v) is 7.23. The van der Waals surface area contributed by atoms with Gasteiger partial charge in [-0.1, -0.05) is 18.2 Å². The highest BCUT2D eigenvalue weighted by Crippen LogP contribution is 2.43. The summed E-state index contributed by atoms with van der Waals surface area (Å²) in [6.07, 6.45) is 1.69. The van der Waals surface area contributed by atoms with Crippen LogP contribution in [-0.4, -0.2) is 68.0 Å². The maximum atomic E-state index is 13.1. The van der Waals surface area contributed by atoms with Crippen LogP contribution in [0.25, 0.3) is 0 Å². The number of likely N-dealkylation sites (tertiary alicyclic amines) is 2. The monoisotopic (exact) mass is 374 g/mol. The van der Waals surface area contributed by atoms with Crippen LogP contribution in [-0.2, 0) is 24.5 Å². The minimum absolute atomic E-state index is 0.00787. The number of carbonyl (C=O) groups is 3. The highest BCUT2D eigenvalue weighted by molar-refractivity contribution is 6.10. The van der Waals surface area contributed by atoms with Gasteiger partial charge in [0.2, 0.25) is 17.7 Å². The second-order valence-electron chi connectivity index (χ2n) is 7.23. The number of piperidine rings is 1. The van der Waals surface area contributed by atoms with E-state index in [9.17, 15) is 14.4 Å². The third kappa shape index (κ3) is 3.43. The number of likely N-dealkylation sites (N-methyl/N-ethyl adjacent to an activating group) is 1. The van der Waals surface area contributed by atoms with Crippen LogP contribution in [0.3, 0.4) is 0 Å². The van der Waals surface area contributed by atoms with Crippen molar-refractivity contribution in [3.63, 3.8) is 0 Å². The highest BCUT2D eigenvalue weighted by Gasteiger charge is 2.54. The van der Waals surface area contributed by atoms with Crippen LogP contribution < -0.4 is 4.74 Å². The van der Waals surface area contributed by atoms with E-state index in [2.05, 4.69) is 0 Å². The first-order valence-electron chi connectivity index (χ1n) is 9.18. The summed E-state index contributed by atoms with van der Waals surface area (Å²) in [6, 6.07) is 7.11. The standard InChI is InChI=1S/C20H26N2O5/c1-21-17(23)11-20(19(21)25,15-8-4-5-9-16(15)27-3)12-18(24)22-10-6-7-14(13-22)26-2/h4-5,8-9,14H,6-7,10-13H2,1-3H3/t14-,20+/m1/s1. The largest absolute Gasteiger partial charge is 0.496 e. The molecule has 0 radical (unpaired) electrons. The van der Waals surface area contributed by atoms with Gasteiger partial charge < -0.3 is 14.4 Å². The number of amides is 3. The van der Waals surface area contributed by atoms with Gasteiger partial charge in [0.05, 0.1) is 18.6 Å². The number of hydrogen-bond acceptors (Lipinski definition) is 5. The van der Waals surface area contributed by atoms with Gasteiger partial charge in [0, 0.05) is 45.7 Å². The molecular weight excluding hydrogens is 348 g/mol. The fraction of sp³-hybridized carbons (Fsp3) is 0.550. The van der Waals surface area contributed by atoms with E-state index < -0.39 is 5.41 Å². The summed E-state index contributed by atoms with van der Waals surface area (Å²) in [5.74, 6) is -0.271. The van der Waals surface area contributed by atoms with Crippen LogP contribution in [0.15, 0.2) is 24.3 Å². The maximum Gasteiger partial charge on any atom is 0.240 e. The Balaban J connectivity index is 1.96. The minimum Gasteiger partial charge on any atom is -0.496 e. The summed E-state index contributed by atoms with van der Waals surface area (Å²) in [7, 11) is 4.63. The van der Waals surface area contributed by atoms with Crippen LogP contribution in [0.2, 0.25) is 0 Å². The van der Waals surface area contributed by atoms with Gasteiger partial charge in [-0.3, -0.25) is 19.3 Å². The van der Waals surface area contributed by atoms with Gasteiger partial charge in [-0.2, -0.15) is 0 Å². The molecule has 3 rings (SSSR count). The van der Waals surface area contributed by atoms with Crippen molar-refractivity contribution in [2.24, 2.45) is 0 Å². The Morgan fingerprint density at radius 2 is 2.00 bits per heavy atom. The first-order chi connectivity index (χ1) is 12.9. The van der Waals surface area contributed by atoms with Gasteiger partial charge in [0.1, 0.15) is 5.75 Å². The molecule has 1 aromatic rings. The van der Waals surface area contributed by atoms with Crippen molar-refractivity contribution >= 4 is 17.7 Å². The third-order valence-corrected chi connectivity index (χ3v) is 5.68. The Hall–Kier alpha value is -2.41. The zero-order chi connectivity index (χ0) is 19.6. The number of para-hydroxylation sites is 1. The van der Waals surface area contributed by atoms with Crippen molar-refractivity contribution in [3.8, 4) is 5.75 Å². The molecule has 146 valence electrons. The number of rotatable bonds is 5. The van der Waals surface area contributed by atoms with Crippen LogP contribution in [0.1, 0.15) is 31.2 Å². The van der Waals surface area contributed by atoms with Crippen molar-refractivity contribution in [3.05, 3.63) is 29.8 Å². The lowest BCUT2D eigenvalue weighted by atomic mass is 9.75. The molecule has 0 N–H and O–H groups in total. The minimum atomic E-state index is -1.23. The van der Waals surface area contributed by atoms with E-state index >= 15 is 0 Å². The Morgan fingerprint density at radius 3 is 2.63 bits per heavy atom. The van der Waals surface area contributed by atoms with E-state index in [1.165, 1.54) is 14.2 Å². The normalized spacial score (nSPS) is 25.8. The van der Waals surface area contributed by atoms with Gasteiger partial charge in [0.15, 0.2) is 0 Å². The second kappa shape index (κ2) is 7.68. The van der Waals surface area contributed by atoms with Crippen LogP contribution in [0.5, 0.6) is 5.75 Å². The first-order valence-corrected chi connectivity index (χ1v) is 9.18. The molecule has 0 unspecified atom stereocenters. The van der Waals surface area contributed by atoms with Gasteiger partial charge in [-0.25, -0.2) is 0 Å². The Kier molecular flexibility index (Phi) is 5.51. The number of methoxy groups -OCH3 is 2. The van der Waals surface area contributed by atoms with Crippen LogP contribution >= 0.6 is 0 Å². The number of nitrogens with zero attached hydrogens (tertiary/aromatic N) is 2. The van der Waals surface area contributed by atoms with Crippen LogP contribution in [0, 0.1) is 0 Å². The van der Waals surface area contributed by atoms with Gasteiger partial charge in [0.25, 0.3) is 0 Å². The molecule has 0 aromatic heterocycles. The summed E-state index contributed by atoms with van der Waals surface area (Å²) in [5.41, 5.74) is -0.640. The molecule has 7 heteroatoms. The molecule has 2 aliphatic rings. The summed E-state index contributed by atoms with van der Waals surface area (Å²) in [6.45, 7) is 1.15.